The molecule has 2 aromatic rings. The molecule has 0 aliphatic heterocycles. The zero-order valence-corrected chi connectivity index (χ0v) is 8.94. The fourth-order valence-electron chi connectivity index (χ4n) is 1.28. The van der Waals surface area contributed by atoms with E-state index in [-0.39, 0.29) is 0 Å². The summed E-state index contributed by atoms with van der Waals surface area (Å²) >= 11 is 0. The Morgan fingerprint density at radius 3 is 2.44 bits per heavy atom. The zero-order chi connectivity index (χ0) is 11.4. The Hall–Kier alpha value is -2.14. The molecule has 0 radical (unpaired) electrons. The van der Waals surface area contributed by atoms with Crippen molar-refractivity contribution >= 4 is 17.3 Å². The van der Waals surface area contributed by atoms with E-state index in [2.05, 4.69) is 20.7 Å². The van der Waals surface area contributed by atoms with Crippen molar-refractivity contribution in [2.45, 2.75) is 6.92 Å². The molecule has 1 heterocycles. The molecule has 0 aliphatic carbocycles. The van der Waals surface area contributed by atoms with Crippen LogP contribution in [0.5, 0.6) is 0 Å². The molecule has 5 heteroatoms. The summed E-state index contributed by atoms with van der Waals surface area (Å²) in [7, 11) is 0. The number of rotatable bonds is 3. The van der Waals surface area contributed by atoms with Crippen LogP contribution in [0, 0.1) is 6.92 Å². The van der Waals surface area contributed by atoms with E-state index in [0.717, 1.165) is 5.69 Å². The number of hydrogen-bond acceptors (Lipinski definition) is 5. The van der Waals surface area contributed by atoms with Crippen molar-refractivity contribution in [1.29, 1.82) is 0 Å². The van der Waals surface area contributed by atoms with Crippen molar-refractivity contribution in [2.75, 3.05) is 10.7 Å². The normalized spacial score (nSPS) is 9.88. The first-order valence-corrected chi connectivity index (χ1v) is 4.90. The summed E-state index contributed by atoms with van der Waals surface area (Å²) < 4.78 is 0. The van der Waals surface area contributed by atoms with E-state index in [4.69, 9.17) is 5.84 Å². The van der Waals surface area contributed by atoms with Gasteiger partial charge in [0.05, 0.1) is 12.4 Å². The number of aromatic nitrogens is 2. The van der Waals surface area contributed by atoms with E-state index in [9.17, 15) is 0 Å². The maximum Gasteiger partial charge on any atom is 0.160 e. The summed E-state index contributed by atoms with van der Waals surface area (Å²) in [6.45, 7) is 2.04. The number of nitrogen functional groups attached to an aromatic ring is 1. The third-order valence-corrected chi connectivity index (χ3v) is 2.11. The smallest absolute Gasteiger partial charge is 0.160 e. The van der Waals surface area contributed by atoms with Gasteiger partial charge in [-0.2, -0.15) is 0 Å². The summed E-state index contributed by atoms with van der Waals surface area (Å²) in [5, 5.41) is 3.14. The molecular weight excluding hydrogens is 202 g/mol. The molecule has 1 aromatic carbocycles. The zero-order valence-electron chi connectivity index (χ0n) is 8.94. The highest BCUT2D eigenvalue weighted by Gasteiger charge is 1.97. The van der Waals surface area contributed by atoms with E-state index in [1.807, 2.05) is 31.2 Å². The summed E-state index contributed by atoms with van der Waals surface area (Å²) in [4.78, 5) is 8.20. The SMILES string of the molecule is Cc1ccc(Nc2cncc(NN)n2)cc1. The molecule has 0 atom stereocenters. The lowest BCUT2D eigenvalue weighted by molar-refractivity contribution is 1.16. The van der Waals surface area contributed by atoms with Crippen molar-refractivity contribution < 1.29 is 0 Å². The number of anilines is 3. The fraction of sp³-hybridized carbons (Fsp3) is 0.0909. The van der Waals surface area contributed by atoms with Crippen LogP contribution in [0.25, 0.3) is 0 Å². The van der Waals surface area contributed by atoms with Gasteiger partial charge in [-0.25, -0.2) is 10.8 Å². The van der Waals surface area contributed by atoms with Gasteiger partial charge in [-0.15, -0.1) is 0 Å². The lowest BCUT2D eigenvalue weighted by Gasteiger charge is -2.06. The van der Waals surface area contributed by atoms with Gasteiger partial charge in [0.1, 0.15) is 0 Å². The van der Waals surface area contributed by atoms with Crippen molar-refractivity contribution in [3.63, 3.8) is 0 Å². The molecule has 0 saturated heterocycles. The van der Waals surface area contributed by atoms with Crippen LogP contribution in [-0.2, 0) is 0 Å². The summed E-state index contributed by atoms with van der Waals surface area (Å²) in [6, 6.07) is 8.03. The first-order chi connectivity index (χ1) is 7.78. The fourth-order valence-corrected chi connectivity index (χ4v) is 1.28. The number of hydrazine groups is 1. The highest BCUT2D eigenvalue weighted by molar-refractivity contribution is 5.56. The van der Waals surface area contributed by atoms with Crippen LogP contribution in [0.3, 0.4) is 0 Å². The van der Waals surface area contributed by atoms with E-state index in [1.165, 1.54) is 5.56 Å². The quantitative estimate of drug-likeness (QED) is 0.537. The Morgan fingerprint density at radius 2 is 1.75 bits per heavy atom. The topological polar surface area (TPSA) is 75.9 Å². The molecular formula is C11H13N5. The highest BCUT2D eigenvalue weighted by Crippen LogP contribution is 2.15. The summed E-state index contributed by atoms with van der Waals surface area (Å²) in [5.74, 6) is 6.43. The molecule has 82 valence electrons. The minimum atomic E-state index is 0.525. The predicted molar refractivity (Wildman–Crippen MR) is 64.3 cm³/mol. The van der Waals surface area contributed by atoms with Crippen LogP contribution in [-0.4, -0.2) is 9.97 Å². The second kappa shape index (κ2) is 4.59. The van der Waals surface area contributed by atoms with Gasteiger partial charge in [-0.05, 0) is 19.1 Å². The van der Waals surface area contributed by atoms with Gasteiger partial charge in [-0.1, -0.05) is 17.7 Å². The molecule has 0 bridgehead atoms. The van der Waals surface area contributed by atoms with Crippen LogP contribution in [0.2, 0.25) is 0 Å². The lowest BCUT2D eigenvalue weighted by atomic mass is 10.2. The van der Waals surface area contributed by atoms with Gasteiger partial charge in [0.2, 0.25) is 0 Å². The van der Waals surface area contributed by atoms with Gasteiger partial charge in [0.15, 0.2) is 11.6 Å². The third-order valence-electron chi connectivity index (χ3n) is 2.11. The second-order valence-electron chi connectivity index (χ2n) is 3.42. The number of benzene rings is 1. The maximum atomic E-state index is 5.25. The second-order valence-corrected chi connectivity index (χ2v) is 3.42. The van der Waals surface area contributed by atoms with Crippen LogP contribution in [0.15, 0.2) is 36.7 Å². The molecule has 0 spiro atoms. The molecule has 0 fully saturated rings. The van der Waals surface area contributed by atoms with E-state index in [0.29, 0.717) is 11.6 Å². The van der Waals surface area contributed by atoms with E-state index >= 15 is 0 Å². The Kier molecular flexibility index (Phi) is 2.98. The highest BCUT2D eigenvalue weighted by atomic mass is 15.3. The first-order valence-electron chi connectivity index (χ1n) is 4.90. The molecule has 1 aromatic heterocycles. The number of nitrogens with two attached hydrogens (primary N) is 1. The first kappa shape index (κ1) is 10.4. The van der Waals surface area contributed by atoms with Gasteiger partial charge in [0, 0.05) is 5.69 Å². The monoisotopic (exact) mass is 215 g/mol. The Morgan fingerprint density at radius 1 is 1.06 bits per heavy atom. The van der Waals surface area contributed by atoms with E-state index < -0.39 is 0 Å². The molecule has 4 N–H and O–H groups in total. The Balaban J connectivity index is 2.16. The van der Waals surface area contributed by atoms with Gasteiger partial charge >= 0.3 is 0 Å². The van der Waals surface area contributed by atoms with Gasteiger partial charge in [0.25, 0.3) is 0 Å². The standard InChI is InChI=1S/C11H13N5/c1-8-2-4-9(5-3-8)14-10-6-13-7-11(15-10)16-12/h2-7H,12H2,1H3,(H2,14,15,16). The molecule has 2 rings (SSSR count). The average Bonchev–Trinajstić information content (AvgIpc) is 2.32. The summed E-state index contributed by atoms with van der Waals surface area (Å²) in [6.07, 6.45) is 3.20. The Bertz CT molecular complexity index is 466. The molecule has 0 aliphatic rings. The van der Waals surface area contributed by atoms with Crippen molar-refractivity contribution in [2.24, 2.45) is 5.84 Å². The molecule has 16 heavy (non-hydrogen) atoms. The van der Waals surface area contributed by atoms with Crippen LogP contribution >= 0.6 is 0 Å². The van der Waals surface area contributed by atoms with Gasteiger partial charge < -0.3 is 10.7 Å². The minimum Gasteiger partial charge on any atom is -0.339 e. The molecule has 0 unspecified atom stereocenters. The maximum absolute atomic E-state index is 5.25. The van der Waals surface area contributed by atoms with Crippen molar-refractivity contribution in [3.8, 4) is 0 Å². The third kappa shape index (κ3) is 2.46. The number of aryl methyl sites for hydroxylation is 1. The predicted octanol–water partition coefficient (Wildman–Crippen LogP) is 1.81. The number of nitrogens with one attached hydrogen (secondary N) is 2. The van der Waals surface area contributed by atoms with Crippen LogP contribution in [0.1, 0.15) is 5.56 Å². The molecule has 0 amide bonds. The number of hydrogen-bond donors (Lipinski definition) is 3. The van der Waals surface area contributed by atoms with E-state index in [1.54, 1.807) is 12.4 Å². The average molecular weight is 215 g/mol. The van der Waals surface area contributed by atoms with Crippen LogP contribution < -0.4 is 16.6 Å². The largest absolute Gasteiger partial charge is 0.339 e. The summed E-state index contributed by atoms with van der Waals surface area (Å²) in [5.41, 5.74) is 4.63. The lowest BCUT2D eigenvalue weighted by Crippen LogP contribution is -2.09. The van der Waals surface area contributed by atoms with Crippen molar-refractivity contribution in [3.05, 3.63) is 42.2 Å². The Labute approximate surface area is 93.7 Å². The minimum absolute atomic E-state index is 0.525. The van der Waals surface area contributed by atoms with Crippen molar-refractivity contribution in [1.82, 2.24) is 9.97 Å². The van der Waals surface area contributed by atoms with Gasteiger partial charge in [-0.3, -0.25) is 4.98 Å². The molecule has 5 nitrogen and oxygen atoms in total. The number of nitrogens with zero attached hydrogens (tertiary/aromatic N) is 2. The van der Waals surface area contributed by atoms with Crippen LogP contribution in [0.4, 0.5) is 17.3 Å². The molecule has 0 saturated carbocycles.